The minimum atomic E-state index is -0.174. The lowest BCUT2D eigenvalue weighted by Gasteiger charge is -2.11. The molecule has 1 heterocycles. The first-order valence-electron chi connectivity index (χ1n) is 7.97. The van der Waals surface area contributed by atoms with Gasteiger partial charge in [-0.1, -0.05) is 0 Å². The fraction of sp³-hybridized carbons (Fsp3) is 0.333. The minimum absolute atomic E-state index is 0.174. The summed E-state index contributed by atoms with van der Waals surface area (Å²) in [6, 6.07) is 11.2. The third-order valence-corrected chi connectivity index (χ3v) is 3.29. The van der Waals surface area contributed by atoms with E-state index in [2.05, 4.69) is 15.6 Å². The fourth-order valence-electron chi connectivity index (χ4n) is 2.08. The Labute approximate surface area is 142 Å². The second-order valence-electron chi connectivity index (χ2n) is 5.57. The molecule has 2 N–H and O–H groups in total. The Balaban J connectivity index is 1.97. The van der Waals surface area contributed by atoms with E-state index in [1.54, 1.807) is 12.3 Å². The van der Waals surface area contributed by atoms with Gasteiger partial charge in [-0.2, -0.15) is 0 Å². The number of carbonyl (C=O) groups is 1. The molecule has 128 valence electrons. The van der Waals surface area contributed by atoms with Gasteiger partial charge in [0.2, 0.25) is 0 Å². The third-order valence-electron chi connectivity index (χ3n) is 3.29. The Morgan fingerprint density at radius 2 is 1.92 bits per heavy atom. The maximum Gasteiger partial charge on any atom is 0.269 e. The van der Waals surface area contributed by atoms with Crippen LogP contribution in [0.1, 0.15) is 17.4 Å². The molecule has 0 radical (unpaired) electrons. The molecular weight excluding hydrogens is 304 g/mol. The molecule has 1 aromatic carbocycles. The Morgan fingerprint density at radius 3 is 2.58 bits per heavy atom. The van der Waals surface area contributed by atoms with Crippen molar-refractivity contribution in [3.05, 3.63) is 48.3 Å². The van der Waals surface area contributed by atoms with Crippen molar-refractivity contribution in [2.75, 3.05) is 39.1 Å². The number of likely N-dealkylation sites (N-methyl/N-ethyl adjacent to an activating group) is 1. The van der Waals surface area contributed by atoms with Crippen molar-refractivity contribution in [2.24, 2.45) is 0 Å². The monoisotopic (exact) mass is 328 g/mol. The van der Waals surface area contributed by atoms with Gasteiger partial charge < -0.3 is 20.3 Å². The summed E-state index contributed by atoms with van der Waals surface area (Å²) in [5, 5.41) is 6.11. The highest BCUT2D eigenvalue weighted by Gasteiger charge is 2.07. The zero-order chi connectivity index (χ0) is 17.4. The molecule has 2 rings (SSSR count). The van der Waals surface area contributed by atoms with Crippen LogP contribution in [0.4, 0.5) is 11.4 Å². The zero-order valence-electron chi connectivity index (χ0n) is 14.4. The van der Waals surface area contributed by atoms with Gasteiger partial charge in [0.25, 0.3) is 5.91 Å². The summed E-state index contributed by atoms with van der Waals surface area (Å²) in [5.41, 5.74) is 2.13. The standard InChI is InChI=1S/C18H24N4O2/c1-4-24-16-7-5-14(6-8-16)21-15-9-10-19-17(13-15)18(23)20-11-12-22(2)3/h5-10,13H,4,11-12H2,1-3H3,(H,19,21)(H,20,23). The Bertz CT molecular complexity index is 656. The summed E-state index contributed by atoms with van der Waals surface area (Å²) in [4.78, 5) is 18.3. The number of nitrogens with one attached hydrogen (secondary N) is 2. The lowest BCUT2D eigenvalue weighted by molar-refractivity contribution is 0.0946. The van der Waals surface area contributed by atoms with Gasteiger partial charge in [-0.15, -0.1) is 0 Å². The number of amides is 1. The van der Waals surface area contributed by atoms with Crippen LogP contribution in [-0.2, 0) is 0 Å². The van der Waals surface area contributed by atoms with Crippen LogP contribution in [-0.4, -0.2) is 49.6 Å². The van der Waals surface area contributed by atoms with Gasteiger partial charge in [-0.3, -0.25) is 9.78 Å². The van der Waals surface area contributed by atoms with Gasteiger partial charge in [0.05, 0.1) is 6.61 Å². The summed E-state index contributed by atoms with van der Waals surface area (Å²) < 4.78 is 5.42. The van der Waals surface area contributed by atoms with Crippen molar-refractivity contribution in [1.29, 1.82) is 0 Å². The van der Waals surface area contributed by atoms with E-state index in [0.717, 1.165) is 23.7 Å². The first-order valence-corrected chi connectivity index (χ1v) is 7.97. The van der Waals surface area contributed by atoms with E-state index >= 15 is 0 Å². The predicted molar refractivity (Wildman–Crippen MR) is 96.0 cm³/mol. The second kappa shape index (κ2) is 8.88. The van der Waals surface area contributed by atoms with E-state index in [-0.39, 0.29) is 5.91 Å². The number of benzene rings is 1. The number of nitrogens with zero attached hydrogens (tertiary/aromatic N) is 2. The lowest BCUT2D eigenvalue weighted by atomic mass is 10.2. The van der Waals surface area contributed by atoms with Crippen molar-refractivity contribution >= 4 is 17.3 Å². The van der Waals surface area contributed by atoms with Gasteiger partial charge in [-0.05, 0) is 57.4 Å². The van der Waals surface area contributed by atoms with E-state index in [0.29, 0.717) is 18.8 Å². The second-order valence-corrected chi connectivity index (χ2v) is 5.57. The Hall–Kier alpha value is -2.60. The molecule has 0 aliphatic carbocycles. The molecule has 0 saturated carbocycles. The minimum Gasteiger partial charge on any atom is -0.494 e. The summed E-state index contributed by atoms with van der Waals surface area (Å²) in [5.74, 6) is 0.658. The number of hydrogen-bond acceptors (Lipinski definition) is 5. The smallest absolute Gasteiger partial charge is 0.269 e. The molecule has 0 aliphatic heterocycles. The molecule has 0 unspecified atom stereocenters. The van der Waals surface area contributed by atoms with E-state index in [9.17, 15) is 4.79 Å². The van der Waals surface area contributed by atoms with Gasteiger partial charge in [0.15, 0.2) is 0 Å². The predicted octanol–water partition coefficient (Wildman–Crippen LogP) is 2.52. The first-order chi connectivity index (χ1) is 11.6. The average molecular weight is 328 g/mol. The van der Waals surface area contributed by atoms with Crippen molar-refractivity contribution in [1.82, 2.24) is 15.2 Å². The molecule has 0 fully saturated rings. The van der Waals surface area contributed by atoms with Gasteiger partial charge in [0, 0.05) is 30.7 Å². The van der Waals surface area contributed by atoms with E-state index in [1.807, 2.05) is 56.3 Å². The van der Waals surface area contributed by atoms with E-state index in [4.69, 9.17) is 4.74 Å². The molecule has 0 spiro atoms. The van der Waals surface area contributed by atoms with Crippen LogP contribution in [0, 0.1) is 0 Å². The lowest BCUT2D eigenvalue weighted by Crippen LogP contribution is -2.31. The molecule has 6 nitrogen and oxygen atoms in total. The van der Waals surface area contributed by atoms with Crippen molar-refractivity contribution in [3.8, 4) is 5.75 Å². The van der Waals surface area contributed by atoms with Crippen LogP contribution in [0.15, 0.2) is 42.6 Å². The maximum absolute atomic E-state index is 12.1. The van der Waals surface area contributed by atoms with Crippen LogP contribution >= 0.6 is 0 Å². The number of pyridine rings is 1. The van der Waals surface area contributed by atoms with E-state index < -0.39 is 0 Å². The quantitative estimate of drug-likeness (QED) is 0.779. The zero-order valence-corrected chi connectivity index (χ0v) is 14.4. The molecule has 1 amide bonds. The molecule has 24 heavy (non-hydrogen) atoms. The summed E-state index contributed by atoms with van der Waals surface area (Å²) in [6.07, 6.45) is 1.62. The van der Waals surface area contributed by atoms with Gasteiger partial charge >= 0.3 is 0 Å². The average Bonchev–Trinajstić information content (AvgIpc) is 2.57. The molecule has 0 aliphatic rings. The third kappa shape index (κ3) is 5.55. The summed E-state index contributed by atoms with van der Waals surface area (Å²) >= 11 is 0. The largest absolute Gasteiger partial charge is 0.494 e. The number of carbonyl (C=O) groups excluding carboxylic acids is 1. The van der Waals surface area contributed by atoms with Crippen LogP contribution < -0.4 is 15.4 Å². The summed E-state index contributed by atoms with van der Waals surface area (Å²) in [6.45, 7) is 3.97. The first kappa shape index (κ1) is 17.7. The maximum atomic E-state index is 12.1. The highest BCUT2D eigenvalue weighted by molar-refractivity contribution is 5.93. The van der Waals surface area contributed by atoms with Gasteiger partial charge in [0.1, 0.15) is 11.4 Å². The Kier molecular flexibility index (Phi) is 6.57. The normalized spacial score (nSPS) is 10.5. The van der Waals surface area contributed by atoms with Crippen molar-refractivity contribution in [3.63, 3.8) is 0 Å². The number of anilines is 2. The number of hydrogen-bond donors (Lipinski definition) is 2. The SMILES string of the molecule is CCOc1ccc(Nc2ccnc(C(=O)NCCN(C)C)c2)cc1. The van der Waals surface area contributed by atoms with Crippen LogP contribution in [0.3, 0.4) is 0 Å². The highest BCUT2D eigenvalue weighted by atomic mass is 16.5. The fourth-order valence-corrected chi connectivity index (χ4v) is 2.08. The van der Waals surface area contributed by atoms with Crippen LogP contribution in [0.5, 0.6) is 5.75 Å². The topological polar surface area (TPSA) is 66.5 Å². The highest BCUT2D eigenvalue weighted by Crippen LogP contribution is 2.20. The van der Waals surface area contributed by atoms with E-state index in [1.165, 1.54) is 0 Å². The molecule has 1 aromatic heterocycles. The molecule has 0 atom stereocenters. The molecule has 6 heteroatoms. The van der Waals surface area contributed by atoms with Gasteiger partial charge in [-0.25, -0.2) is 0 Å². The summed E-state index contributed by atoms with van der Waals surface area (Å²) in [7, 11) is 3.93. The molecular formula is C18H24N4O2. The van der Waals surface area contributed by atoms with Crippen LogP contribution in [0.25, 0.3) is 0 Å². The number of rotatable bonds is 8. The Morgan fingerprint density at radius 1 is 1.17 bits per heavy atom. The van der Waals surface area contributed by atoms with Crippen molar-refractivity contribution in [2.45, 2.75) is 6.92 Å². The van der Waals surface area contributed by atoms with Crippen LogP contribution in [0.2, 0.25) is 0 Å². The molecule has 2 aromatic rings. The molecule has 0 bridgehead atoms. The number of ether oxygens (including phenoxy) is 1. The molecule has 0 saturated heterocycles. The number of aromatic nitrogens is 1. The van der Waals surface area contributed by atoms with Crippen molar-refractivity contribution < 1.29 is 9.53 Å².